The second-order valence-corrected chi connectivity index (χ2v) is 7.63. The van der Waals surface area contributed by atoms with Crippen molar-refractivity contribution in [3.63, 3.8) is 0 Å². The fourth-order valence-corrected chi connectivity index (χ4v) is 4.58. The lowest BCUT2D eigenvalue weighted by Crippen LogP contribution is -2.44. The van der Waals surface area contributed by atoms with Crippen molar-refractivity contribution in [2.75, 3.05) is 18.1 Å². The van der Waals surface area contributed by atoms with Crippen molar-refractivity contribution in [1.82, 2.24) is 10.6 Å². The van der Waals surface area contributed by atoms with E-state index < -0.39 is 0 Å². The Bertz CT molecular complexity index is 479. The molecule has 1 amide bonds. The average molecular weight is 355 g/mol. The molecule has 0 bridgehead atoms. The molecule has 1 saturated heterocycles. The molecule has 3 nitrogen and oxygen atoms in total. The molecular formula is C18H27ClN2OS. The van der Waals surface area contributed by atoms with Crippen molar-refractivity contribution < 1.29 is 4.79 Å². The first kappa shape index (κ1) is 18.6. The minimum atomic E-state index is 0. The van der Waals surface area contributed by atoms with Crippen LogP contribution in [-0.2, 0) is 11.2 Å². The normalized spacial score (nSPS) is 27.2. The number of carbonyl (C=O) groups is 1. The maximum absolute atomic E-state index is 12.3. The van der Waals surface area contributed by atoms with Crippen LogP contribution in [0.4, 0.5) is 0 Å². The van der Waals surface area contributed by atoms with E-state index in [1.807, 2.05) is 11.8 Å². The smallest absolute Gasteiger partial charge is 0.221 e. The van der Waals surface area contributed by atoms with Gasteiger partial charge in [-0.3, -0.25) is 4.79 Å². The van der Waals surface area contributed by atoms with Crippen molar-refractivity contribution in [2.45, 2.75) is 44.2 Å². The average Bonchev–Trinajstić information content (AvgIpc) is 2.96. The third-order valence-electron chi connectivity index (χ3n) is 4.78. The Balaban J connectivity index is 0.00000192. The van der Waals surface area contributed by atoms with Gasteiger partial charge in [0.1, 0.15) is 0 Å². The second-order valence-electron chi connectivity index (χ2n) is 6.48. The molecule has 1 saturated carbocycles. The van der Waals surface area contributed by atoms with Gasteiger partial charge < -0.3 is 10.6 Å². The maximum atomic E-state index is 12.3. The lowest BCUT2D eigenvalue weighted by atomic mass is 9.94. The molecular weight excluding hydrogens is 328 g/mol. The van der Waals surface area contributed by atoms with E-state index in [0.29, 0.717) is 24.4 Å². The molecule has 3 rings (SSSR count). The second kappa shape index (κ2) is 9.55. The van der Waals surface area contributed by atoms with Crippen molar-refractivity contribution in [3.8, 4) is 0 Å². The molecule has 1 aromatic carbocycles. The molecule has 1 aliphatic carbocycles. The summed E-state index contributed by atoms with van der Waals surface area (Å²) in [6.07, 6.45) is 5.32. The van der Waals surface area contributed by atoms with Crippen LogP contribution in [-0.4, -0.2) is 36.0 Å². The molecule has 0 spiro atoms. The van der Waals surface area contributed by atoms with Gasteiger partial charge in [-0.2, -0.15) is 11.8 Å². The highest BCUT2D eigenvalue weighted by Crippen LogP contribution is 2.29. The number of halogens is 1. The highest BCUT2D eigenvalue weighted by Gasteiger charge is 2.29. The van der Waals surface area contributed by atoms with Gasteiger partial charge in [-0.25, -0.2) is 0 Å². The highest BCUT2D eigenvalue weighted by atomic mass is 35.5. The summed E-state index contributed by atoms with van der Waals surface area (Å²) in [5.41, 5.74) is 1.39. The van der Waals surface area contributed by atoms with E-state index in [-0.39, 0.29) is 18.3 Å². The molecule has 1 heterocycles. The van der Waals surface area contributed by atoms with Gasteiger partial charge in [-0.1, -0.05) is 36.8 Å². The standard InChI is InChI=1S/C18H26N2OS.ClH/c21-18(12-16-13-22-10-9-19-16)20-17-8-4-7-15(17)11-14-5-2-1-3-6-14;/h1-3,5-6,15-17,19H,4,7-13H2,(H,20,21);1H. The molecule has 3 atom stereocenters. The lowest BCUT2D eigenvalue weighted by molar-refractivity contribution is -0.122. The van der Waals surface area contributed by atoms with Gasteiger partial charge in [0.2, 0.25) is 5.91 Å². The number of nitrogens with one attached hydrogen (secondary N) is 2. The Morgan fingerprint density at radius 3 is 2.83 bits per heavy atom. The maximum Gasteiger partial charge on any atom is 0.221 e. The van der Waals surface area contributed by atoms with Crippen molar-refractivity contribution in [1.29, 1.82) is 0 Å². The number of rotatable bonds is 5. The highest BCUT2D eigenvalue weighted by molar-refractivity contribution is 7.99. The number of carbonyl (C=O) groups excluding carboxylic acids is 1. The van der Waals surface area contributed by atoms with E-state index in [9.17, 15) is 4.79 Å². The molecule has 0 radical (unpaired) electrons. The predicted molar refractivity (Wildman–Crippen MR) is 100 cm³/mol. The minimum absolute atomic E-state index is 0. The van der Waals surface area contributed by atoms with Crippen LogP contribution in [0.1, 0.15) is 31.2 Å². The molecule has 3 unspecified atom stereocenters. The predicted octanol–water partition coefficient (Wildman–Crippen LogP) is 3.03. The van der Waals surface area contributed by atoms with Crippen LogP contribution in [0, 0.1) is 5.92 Å². The Morgan fingerprint density at radius 1 is 1.26 bits per heavy atom. The summed E-state index contributed by atoms with van der Waals surface area (Å²) in [6.45, 7) is 1.03. The molecule has 1 aliphatic heterocycles. The van der Waals surface area contributed by atoms with Crippen molar-refractivity contribution in [2.24, 2.45) is 5.92 Å². The zero-order valence-corrected chi connectivity index (χ0v) is 15.1. The van der Waals surface area contributed by atoms with Crippen LogP contribution in [0.15, 0.2) is 30.3 Å². The van der Waals surface area contributed by atoms with Gasteiger partial charge in [0.25, 0.3) is 0 Å². The number of amides is 1. The third-order valence-corrected chi connectivity index (χ3v) is 5.91. The van der Waals surface area contributed by atoms with E-state index in [4.69, 9.17) is 0 Å². The van der Waals surface area contributed by atoms with Crippen LogP contribution in [0.2, 0.25) is 0 Å². The summed E-state index contributed by atoms with van der Waals surface area (Å²) < 4.78 is 0. The van der Waals surface area contributed by atoms with E-state index >= 15 is 0 Å². The number of benzene rings is 1. The summed E-state index contributed by atoms with van der Waals surface area (Å²) in [6, 6.07) is 11.4. The Hall–Kier alpha value is -0.710. The molecule has 2 fully saturated rings. The molecule has 2 N–H and O–H groups in total. The number of hydrogen-bond donors (Lipinski definition) is 2. The van der Waals surface area contributed by atoms with E-state index in [2.05, 4.69) is 41.0 Å². The Morgan fingerprint density at radius 2 is 2.09 bits per heavy atom. The monoisotopic (exact) mass is 354 g/mol. The Kier molecular flexibility index (Phi) is 7.74. The van der Waals surface area contributed by atoms with Gasteiger partial charge in [0, 0.05) is 36.6 Å². The molecule has 128 valence electrons. The molecule has 5 heteroatoms. The molecule has 2 aliphatic rings. The largest absolute Gasteiger partial charge is 0.353 e. The lowest BCUT2D eigenvalue weighted by Gasteiger charge is -2.25. The summed E-state index contributed by atoms with van der Waals surface area (Å²) in [5.74, 6) is 3.05. The fourth-order valence-electron chi connectivity index (χ4n) is 3.63. The first-order valence-electron chi connectivity index (χ1n) is 8.45. The number of thioether (sulfide) groups is 1. The van der Waals surface area contributed by atoms with Crippen molar-refractivity contribution >= 4 is 30.1 Å². The SMILES string of the molecule is Cl.O=C(CC1CSCCN1)NC1CCCC1Cc1ccccc1. The number of hydrogen-bond acceptors (Lipinski definition) is 3. The van der Waals surface area contributed by atoms with E-state index in [0.717, 1.165) is 25.1 Å². The Labute approximate surface area is 149 Å². The van der Waals surface area contributed by atoms with Crippen molar-refractivity contribution in [3.05, 3.63) is 35.9 Å². The first-order valence-corrected chi connectivity index (χ1v) is 9.61. The van der Waals surface area contributed by atoms with E-state index in [1.54, 1.807) is 0 Å². The molecule has 0 aromatic heterocycles. The summed E-state index contributed by atoms with van der Waals surface area (Å²) in [5, 5.41) is 6.75. The van der Waals surface area contributed by atoms with Gasteiger partial charge >= 0.3 is 0 Å². The molecule has 23 heavy (non-hydrogen) atoms. The third kappa shape index (κ3) is 5.70. The van der Waals surface area contributed by atoms with Crippen LogP contribution >= 0.6 is 24.2 Å². The summed E-state index contributed by atoms with van der Waals surface area (Å²) >= 11 is 1.95. The summed E-state index contributed by atoms with van der Waals surface area (Å²) in [4.78, 5) is 12.3. The van der Waals surface area contributed by atoms with Crippen LogP contribution in [0.3, 0.4) is 0 Å². The van der Waals surface area contributed by atoms with Gasteiger partial charge in [0.05, 0.1) is 0 Å². The van der Waals surface area contributed by atoms with Crippen LogP contribution in [0.25, 0.3) is 0 Å². The minimum Gasteiger partial charge on any atom is -0.353 e. The topological polar surface area (TPSA) is 41.1 Å². The summed E-state index contributed by atoms with van der Waals surface area (Å²) in [7, 11) is 0. The van der Waals surface area contributed by atoms with Crippen LogP contribution in [0.5, 0.6) is 0 Å². The quantitative estimate of drug-likeness (QED) is 0.854. The molecule has 1 aromatic rings. The van der Waals surface area contributed by atoms with Crippen LogP contribution < -0.4 is 10.6 Å². The van der Waals surface area contributed by atoms with Gasteiger partial charge in [0.15, 0.2) is 0 Å². The zero-order chi connectivity index (χ0) is 15.2. The fraction of sp³-hybridized carbons (Fsp3) is 0.611. The van der Waals surface area contributed by atoms with E-state index in [1.165, 1.54) is 24.2 Å². The zero-order valence-electron chi connectivity index (χ0n) is 13.5. The van der Waals surface area contributed by atoms with Gasteiger partial charge in [-0.15, -0.1) is 12.4 Å². The first-order chi connectivity index (χ1) is 10.8. The van der Waals surface area contributed by atoms with Gasteiger partial charge in [-0.05, 0) is 30.7 Å².